The van der Waals surface area contributed by atoms with Crippen molar-refractivity contribution in [3.8, 4) is 0 Å². The fourth-order valence-corrected chi connectivity index (χ4v) is 1.43. The van der Waals surface area contributed by atoms with Crippen LogP contribution in [0.15, 0.2) is 38.8 Å². The van der Waals surface area contributed by atoms with Gasteiger partial charge >= 0.3 is 5.69 Å². The minimum atomic E-state index is -0.323. The van der Waals surface area contributed by atoms with Crippen LogP contribution in [0.1, 0.15) is 12.5 Å². The van der Waals surface area contributed by atoms with E-state index in [2.05, 4.69) is 9.68 Å². The molecule has 0 N–H and O–H groups in total. The maximum Gasteiger partial charge on any atom is 0.331 e. The highest BCUT2D eigenvalue weighted by molar-refractivity contribution is 5.02. The van der Waals surface area contributed by atoms with Gasteiger partial charge in [-0.3, -0.25) is 9.36 Å². The molecule has 16 heavy (non-hydrogen) atoms. The first-order valence-electron chi connectivity index (χ1n) is 4.91. The lowest BCUT2D eigenvalue weighted by atomic mass is 10.3. The maximum absolute atomic E-state index is 11.8. The molecular weight excluding hydrogens is 210 g/mol. The van der Waals surface area contributed by atoms with Gasteiger partial charge in [-0.2, -0.15) is 0 Å². The second-order valence-corrected chi connectivity index (χ2v) is 3.34. The van der Waals surface area contributed by atoms with E-state index in [0.29, 0.717) is 12.1 Å². The fraction of sp³-hybridized carbons (Fsp3) is 0.300. The normalized spacial score (nSPS) is 10.6. The first-order chi connectivity index (χ1) is 7.72. The Balaban J connectivity index is 2.48. The Hall–Kier alpha value is -2.11. The lowest BCUT2D eigenvalue weighted by Crippen LogP contribution is -2.38. The van der Waals surface area contributed by atoms with Gasteiger partial charge in [0.15, 0.2) is 0 Å². The molecule has 0 aliphatic carbocycles. The van der Waals surface area contributed by atoms with Crippen LogP contribution in [-0.4, -0.2) is 14.3 Å². The van der Waals surface area contributed by atoms with E-state index in [-0.39, 0.29) is 17.8 Å². The summed E-state index contributed by atoms with van der Waals surface area (Å²) in [5.74, 6) is 0. The number of hydrogen-bond acceptors (Lipinski definition) is 4. The summed E-state index contributed by atoms with van der Waals surface area (Å²) in [4.78, 5) is 23.4. The molecule has 0 aliphatic heterocycles. The van der Waals surface area contributed by atoms with E-state index in [1.807, 2.05) is 6.92 Å². The van der Waals surface area contributed by atoms with E-state index in [0.717, 1.165) is 4.57 Å². The number of hydrogen-bond donors (Lipinski definition) is 0. The zero-order chi connectivity index (χ0) is 11.5. The van der Waals surface area contributed by atoms with Gasteiger partial charge < -0.3 is 9.09 Å². The molecule has 0 fully saturated rings. The molecule has 84 valence electrons. The smallest absolute Gasteiger partial charge is 0.331 e. The van der Waals surface area contributed by atoms with Crippen molar-refractivity contribution < 1.29 is 4.52 Å². The SMILES string of the molecule is CCn1ccc(=O)n(Cc2cnoc2)c1=O. The van der Waals surface area contributed by atoms with Gasteiger partial charge in [-0.05, 0) is 6.92 Å². The summed E-state index contributed by atoms with van der Waals surface area (Å²) in [6.45, 7) is 2.56. The average Bonchev–Trinajstić information content (AvgIpc) is 2.77. The Kier molecular flexibility index (Phi) is 2.72. The summed E-state index contributed by atoms with van der Waals surface area (Å²) in [5, 5.41) is 3.52. The minimum absolute atomic E-state index is 0.183. The maximum atomic E-state index is 11.8. The van der Waals surface area contributed by atoms with Gasteiger partial charge in [0, 0.05) is 24.4 Å². The lowest BCUT2D eigenvalue weighted by Gasteiger charge is -2.06. The van der Waals surface area contributed by atoms with Gasteiger partial charge in [0.05, 0.1) is 12.7 Å². The predicted octanol–water partition coefficient (Wildman–Crippen LogP) is 0.0662. The Morgan fingerprint density at radius 1 is 1.44 bits per heavy atom. The van der Waals surface area contributed by atoms with Crippen LogP contribution in [0, 0.1) is 0 Å². The molecule has 2 rings (SSSR count). The second kappa shape index (κ2) is 4.18. The van der Waals surface area contributed by atoms with Crippen molar-refractivity contribution in [1.82, 2.24) is 14.3 Å². The van der Waals surface area contributed by atoms with E-state index >= 15 is 0 Å². The highest BCUT2D eigenvalue weighted by Gasteiger charge is 2.05. The van der Waals surface area contributed by atoms with Crippen LogP contribution in [0.25, 0.3) is 0 Å². The third-order valence-electron chi connectivity index (χ3n) is 2.30. The molecule has 0 saturated carbocycles. The minimum Gasteiger partial charge on any atom is -0.364 e. The van der Waals surface area contributed by atoms with Crippen LogP contribution in [0.4, 0.5) is 0 Å². The predicted molar refractivity (Wildman–Crippen MR) is 56.2 cm³/mol. The molecule has 0 aromatic carbocycles. The highest BCUT2D eigenvalue weighted by Crippen LogP contribution is 1.96. The van der Waals surface area contributed by atoms with Crippen LogP contribution in [0.5, 0.6) is 0 Å². The number of rotatable bonds is 3. The third kappa shape index (κ3) is 1.81. The second-order valence-electron chi connectivity index (χ2n) is 3.34. The van der Waals surface area contributed by atoms with Crippen molar-refractivity contribution in [3.05, 3.63) is 51.1 Å². The summed E-state index contributed by atoms with van der Waals surface area (Å²) in [6.07, 6.45) is 4.39. The van der Waals surface area contributed by atoms with Crippen molar-refractivity contribution in [2.24, 2.45) is 0 Å². The third-order valence-corrected chi connectivity index (χ3v) is 2.30. The van der Waals surface area contributed by atoms with Gasteiger partial charge in [-0.25, -0.2) is 4.79 Å². The van der Waals surface area contributed by atoms with E-state index in [9.17, 15) is 9.59 Å². The molecule has 2 heterocycles. The molecule has 6 nitrogen and oxygen atoms in total. The van der Waals surface area contributed by atoms with Gasteiger partial charge in [0.25, 0.3) is 5.56 Å². The van der Waals surface area contributed by atoms with Crippen molar-refractivity contribution in [3.63, 3.8) is 0 Å². The van der Waals surface area contributed by atoms with Crippen LogP contribution in [0.3, 0.4) is 0 Å². The van der Waals surface area contributed by atoms with Crippen molar-refractivity contribution in [1.29, 1.82) is 0 Å². The van der Waals surface area contributed by atoms with Gasteiger partial charge in [-0.15, -0.1) is 0 Å². The van der Waals surface area contributed by atoms with E-state index in [1.165, 1.54) is 29.3 Å². The molecule has 0 aliphatic rings. The van der Waals surface area contributed by atoms with E-state index < -0.39 is 0 Å². The van der Waals surface area contributed by atoms with E-state index in [4.69, 9.17) is 0 Å². The lowest BCUT2D eigenvalue weighted by molar-refractivity contribution is 0.418. The van der Waals surface area contributed by atoms with Crippen LogP contribution < -0.4 is 11.2 Å². The molecule has 0 unspecified atom stereocenters. The van der Waals surface area contributed by atoms with Crippen molar-refractivity contribution >= 4 is 0 Å². The number of aryl methyl sites for hydroxylation is 1. The Labute approximate surface area is 90.7 Å². The zero-order valence-corrected chi connectivity index (χ0v) is 8.79. The largest absolute Gasteiger partial charge is 0.364 e. The molecule has 0 saturated heterocycles. The van der Waals surface area contributed by atoms with Gasteiger partial charge in [-0.1, -0.05) is 5.16 Å². The average molecular weight is 221 g/mol. The van der Waals surface area contributed by atoms with Crippen molar-refractivity contribution in [2.75, 3.05) is 0 Å². The summed E-state index contributed by atoms with van der Waals surface area (Å²) in [6, 6.07) is 1.37. The molecular formula is C10H11N3O3. The quantitative estimate of drug-likeness (QED) is 0.735. The van der Waals surface area contributed by atoms with Crippen LogP contribution in [-0.2, 0) is 13.1 Å². The monoisotopic (exact) mass is 221 g/mol. The van der Waals surface area contributed by atoms with Gasteiger partial charge in [0.1, 0.15) is 6.26 Å². The number of aromatic nitrogens is 3. The molecule has 0 amide bonds. The highest BCUT2D eigenvalue weighted by atomic mass is 16.5. The Morgan fingerprint density at radius 3 is 2.88 bits per heavy atom. The summed E-state index contributed by atoms with van der Waals surface area (Å²) in [7, 11) is 0. The summed E-state index contributed by atoms with van der Waals surface area (Å²) < 4.78 is 7.26. The van der Waals surface area contributed by atoms with Gasteiger partial charge in [0.2, 0.25) is 0 Å². The molecule has 0 atom stereocenters. The molecule has 0 bridgehead atoms. The fourth-order valence-electron chi connectivity index (χ4n) is 1.43. The summed E-state index contributed by atoms with van der Waals surface area (Å²) >= 11 is 0. The Morgan fingerprint density at radius 2 is 2.25 bits per heavy atom. The summed E-state index contributed by atoms with van der Waals surface area (Å²) in [5.41, 5.74) is 0.0418. The molecule has 2 aromatic heterocycles. The first kappa shape index (κ1) is 10.4. The molecule has 0 spiro atoms. The van der Waals surface area contributed by atoms with Crippen LogP contribution >= 0.6 is 0 Å². The zero-order valence-electron chi connectivity index (χ0n) is 8.79. The molecule has 0 radical (unpaired) electrons. The molecule has 6 heteroatoms. The topological polar surface area (TPSA) is 70.0 Å². The number of nitrogens with zero attached hydrogens (tertiary/aromatic N) is 3. The van der Waals surface area contributed by atoms with Crippen molar-refractivity contribution in [2.45, 2.75) is 20.0 Å². The van der Waals surface area contributed by atoms with E-state index in [1.54, 1.807) is 0 Å². The standard InChI is InChI=1S/C10H11N3O3/c1-2-12-4-3-9(14)13(10(12)15)6-8-5-11-16-7-8/h3-5,7H,2,6H2,1H3. The first-order valence-corrected chi connectivity index (χ1v) is 4.91. The van der Waals surface area contributed by atoms with Crippen LogP contribution in [0.2, 0.25) is 0 Å². The Bertz CT molecular complexity index is 580. The molecule has 2 aromatic rings.